The van der Waals surface area contributed by atoms with Crippen LogP contribution in [0.25, 0.3) is 0 Å². The van der Waals surface area contributed by atoms with Crippen LogP contribution >= 0.6 is 0 Å². The molecule has 2 amide bonds. The summed E-state index contributed by atoms with van der Waals surface area (Å²) in [7, 11) is 1.52. The normalized spacial score (nSPS) is 11.7. The molecule has 3 N–H and O–H groups in total. The Labute approximate surface area is 128 Å². The Balaban J connectivity index is 1.97. The van der Waals surface area contributed by atoms with Crippen LogP contribution in [0.3, 0.4) is 0 Å². The van der Waals surface area contributed by atoms with E-state index in [-0.39, 0.29) is 30.9 Å². The first-order valence-electron chi connectivity index (χ1n) is 6.99. The summed E-state index contributed by atoms with van der Waals surface area (Å²) in [5.41, 5.74) is 0.997. The smallest absolute Gasteiger partial charge is 0.239 e. The van der Waals surface area contributed by atoms with Gasteiger partial charge >= 0.3 is 0 Å². The van der Waals surface area contributed by atoms with E-state index < -0.39 is 0 Å². The standard InChI is InChI=1S/C16H19N3O3/c1-17-14(20)10-18-15(21)11-19-16(13-8-5-9-22-13)12-6-3-2-4-7-12/h2-9,16,19H,10-11H2,1H3,(H,17,20)(H,18,21)/t16-/m0/s1. The zero-order valence-electron chi connectivity index (χ0n) is 12.3. The van der Waals surface area contributed by atoms with Gasteiger partial charge in [-0.3, -0.25) is 14.9 Å². The fraction of sp³-hybridized carbons (Fsp3) is 0.250. The number of carbonyl (C=O) groups excluding carboxylic acids is 2. The van der Waals surface area contributed by atoms with Gasteiger partial charge in [0.15, 0.2) is 0 Å². The number of nitrogens with one attached hydrogen (secondary N) is 3. The van der Waals surface area contributed by atoms with Crippen molar-refractivity contribution in [1.29, 1.82) is 0 Å². The second-order valence-electron chi connectivity index (χ2n) is 4.69. The molecule has 1 aromatic carbocycles. The van der Waals surface area contributed by atoms with Crippen molar-refractivity contribution in [2.75, 3.05) is 20.1 Å². The molecule has 0 aliphatic heterocycles. The number of hydrogen-bond acceptors (Lipinski definition) is 4. The van der Waals surface area contributed by atoms with E-state index >= 15 is 0 Å². The molecule has 0 aliphatic rings. The van der Waals surface area contributed by atoms with Crippen LogP contribution < -0.4 is 16.0 Å². The fourth-order valence-corrected chi connectivity index (χ4v) is 2.01. The van der Waals surface area contributed by atoms with Crippen LogP contribution in [0.1, 0.15) is 17.4 Å². The minimum absolute atomic E-state index is 0.0340. The first kappa shape index (κ1) is 15.8. The average Bonchev–Trinajstić information content (AvgIpc) is 3.08. The molecule has 0 fully saturated rings. The van der Waals surface area contributed by atoms with Gasteiger partial charge in [-0.15, -0.1) is 0 Å². The van der Waals surface area contributed by atoms with Crippen molar-refractivity contribution in [3.05, 3.63) is 60.1 Å². The molecule has 1 aromatic heterocycles. The van der Waals surface area contributed by atoms with Crippen molar-refractivity contribution in [3.8, 4) is 0 Å². The topological polar surface area (TPSA) is 83.4 Å². The molecule has 0 aliphatic carbocycles. The molecule has 0 radical (unpaired) electrons. The van der Waals surface area contributed by atoms with Crippen LogP contribution in [0.5, 0.6) is 0 Å². The monoisotopic (exact) mass is 301 g/mol. The predicted molar refractivity (Wildman–Crippen MR) is 82.1 cm³/mol. The summed E-state index contributed by atoms with van der Waals surface area (Å²) >= 11 is 0. The Morgan fingerprint density at radius 2 is 1.82 bits per heavy atom. The number of hydrogen-bond donors (Lipinski definition) is 3. The van der Waals surface area contributed by atoms with Crippen LogP contribution in [-0.4, -0.2) is 32.0 Å². The molecule has 0 bridgehead atoms. The molecule has 0 spiro atoms. The highest BCUT2D eigenvalue weighted by Crippen LogP contribution is 2.21. The molecule has 2 aromatic rings. The predicted octanol–water partition coefficient (Wildman–Crippen LogP) is 0.821. The van der Waals surface area contributed by atoms with Crippen molar-refractivity contribution >= 4 is 11.8 Å². The van der Waals surface area contributed by atoms with Gasteiger partial charge in [-0.05, 0) is 17.7 Å². The first-order valence-corrected chi connectivity index (χ1v) is 6.99. The Morgan fingerprint density at radius 3 is 2.45 bits per heavy atom. The van der Waals surface area contributed by atoms with Crippen LogP contribution in [0.2, 0.25) is 0 Å². The van der Waals surface area contributed by atoms with Crippen LogP contribution in [-0.2, 0) is 9.59 Å². The van der Waals surface area contributed by atoms with Crippen molar-refractivity contribution in [1.82, 2.24) is 16.0 Å². The number of furan rings is 1. The highest BCUT2D eigenvalue weighted by Gasteiger charge is 2.17. The van der Waals surface area contributed by atoms with Crippen LogP contribution in [0.15, 0.2) is 53.1 Å². The lowest BCUT2D eigenvalue weighted by Gasteiger charge is -2.17. The average molecular weight is 301 g/mol. The van der Waals surface area contributed by atoms with Gasteiger partial charge in [0.05, 0.1) is 25.4 Å². The third kappa shape index (κ3) is 4.46. The van der Waals surface area contributed by atoms with E-state index in [2.05, 4.69) is 16.0 Å². The Kier molecular flexibility index (Phi) is 5.73. The summed E-state index contributed by atoms with van der Waals surface area (Å²) < 4.78 is 5.44. The molecule has 1 atom stereocenters. The fourth-order valence-electron chi connectivity index (χ4n) is 2.01. The summed E-state index contributed by atoms with van der Waals surface area (Å²) in [4.78, 5) is 22.9. The number of carbonyl (C=O) groups is 2. The van der Waals surface area contributed by atoms with E-state index in [0.29, 0.717) is 0 Å². The number of amides is 2. The molecular formula is C16H19N3O3. The molecule has 1 heterocycles. The van der Waals surface area contributed by atoms with E-state index in [1.54, 1.807) is 12.3 Å². The first-order chi connectivity index (χ1) is 10.7. The minimum atomic E-state index is -0.254. The van der Waals surface area contributed by atoms with Gasteiger partial charge in [-0.25, -0.2) is 0 Å². The maximum atomic E-state index is 11.8. The second kappa shape index (κ2) is 7.99. The molecular weight excluding hydrogens is 282 g/mol. The SMILES string of the molecule is CNC(=O)CNC(=O)CN[C@@H](c1ccccc1)c1ccco1. The van der Waals surface area contributed by atoms with Crippen molar-refractivity contribution in [3.63, 3.8) is 0 Å². The molecule has 22 heavy (non-hydrogen) atoms. The van der Waals surface area contributed by atoms with Crippen molar-refractivity contribution < 1.29 is 14.0 Å². The molecule has 6 nitrogen and oxygen atoms in total. The lowest BCUT2D eigenvalue weighted by molar-refractivity contribution is -0.125. The van der Waals surface area contributed by atoms with Gasteiger partial charge in [-0.1, -0.05) is 30.3 Å². The highest BCUT2D eigenvalue weighted by molar-refractivity contribution is 5.85. The molecule has 2 rings (SSSR count). The zero-order chi connectivity index (χ0) is 15.8. The second-order valence-corrected chi connectivity index (χ2v) is 4.69. The van der Waals surface area contributed by atoms with E-state index in [0.717, 1.165) is 11.3 Å². The maximum Gasteiger partial charge on any atom is 0.239 e. The van der Waals surface area contributed by atoms with Gasteiger partial charge in [0, 0.05) is 7.05 Å². The number of rotatable bonds is 7. The van der Waals surface area contributed by atoms with Gasteiger partial charge in [0.25, 0.3) is 0 Å². The number of likely N-dealkylation sites (N-methyl/N-ethyl adjacent to an activating group) is 1. The van der Waals surface area contributed by atoms with E-state index in [1.807, 2.05) is 36.4 Å². The third-order valence-electron chi connectivity index (χ3n) is 3.15. The quantitative estimate of drug-likeness (QED) is 0.707. The summed E-state index contributed by atoms with van der Waals surface area (Å²) in [5.74, 6) is 0.236. The molecule has 0 saturated carbocycles. The van der Waals surface area contributed by atoms with Gasteiger partial charge in [0.1, 0.15) is 5.76 Å². The van der Waals surface area contributed by atoms with E-state index in [4.69, 9.17) is 4.42 Å². The largest absolute Gasteiger partial charge is 0.467 e. The van der Waals surface area contributed by atoms with Gasteiger partial charge in [-0.2, -0.15) is 0 Å². The van der Waals surface area contributed by atoms with Crippen LogP contribution in [0.4, 0.5) is 0 Å². The zero-order valence-corrected chi connectivity index (χ0v) is 12.3. The minimum Gasteiger partial charge on any atom is -0.467 e. The molecule has 6 heteroatoms. The van der Waals surface area contributed by atoms with Gasteiger partial charge in [0.2, 0.25) is 11.8 Å². The molecule has 0 saturated heterocycles. The maximum absolute atomic E-state index is 11.8. The summed E-state index contributed by atoms with van der Waals surface area (Å²) in [6.07, 6.45) is 1.60. The summed E-state index contributed by atoms with van der Waals surface area (Å²) in [6.45, 7) is 0.0467. The summed E-state index contributed by atoms with van der Waals surface area (Å²) in [5, 5.41) is 8.13. The Hall–Kier alpha value is -2.60. The van der Waals surface area contributed by atoms with Gasteiger partial charge < -0.3 is 15.1 Å². The highest BCUT2D eigenvalue weighted by atomic mass is 16.3. The Morgan fingerprint density at radius 1 is 1.05 bits per heavy atom. The van der Waals surface area contributed by atoms with E-state index in [9.17, 15) is 9.59 Å². The van der Waals surface area contributed by atoms with E-state index in [1.165, 1.54) is 7.05 Å². The Bertz CT molecular complexity index is 596. The van der Waals surface area contributed by atoms with Crippen LogP contribution in [0, 0.1) is 0 Å². The van der Waals surface area contributed by atoms with Crippen molar-refractivity contribution in [2.45, 2.75) is 6.04 Å². The third-order valence-corrected chi connectivity index (χ3v) is 3.15. The molecule has 116 valence electrons. The lowest BCUT2D eigenvalue weighted by Crippen LogP contribution is -2.40. The van der Waals surface area contributed by atoms with Crippen molar-refractivity contribution in [2.24, 2.45) is 0 Å². The lowest BCUT2D eigenvalue weighted by atomic mass is 10.0. The number of benzene rings is 1. The summed E-state index contributed by atoms with van der Waals surface area (Å²) in [6, 6.07) is 13.1. The molecule has 0 unspecified atom stereocenters.